The molecule has 1 saturated carbocycles. The second-order valence-electron chi connectivity index (χ2n) is 5.30. The van der Waals surface area contributed by atoms with Gasteiger partial charge >= 0.3 is 0 Å². The Bertz CT molecular complexity index is 567. The Hall–Kier alpha value is -1.83. The minimum atomic E-state index is -0.199. The Morgan fingerprint density at radius 3 is 2.71 bits per heavy atom. The van der Waals surface area contributed by atoms with Crippen LogP contribution in [0, 0.1) is 18.8 Å². The molecule has 1 aliphatic carbocycles. The first-order chi connectivity index (χ1) is 10.2. The van der Waals surface area contributed by atoms with Crippen molar-refractivity contribution < 1.29 is 15.0 Å². The van der Waals surface area contributed by atoms with E-state index in [4.69, 9.17) is 5.11 Å². The van der Waals surface area contributed by atoms with Gasteiger partial charge in [0.25, 0.3) is 5.91 Å². The standard InChI is InChI=1S/C17H21NO3/c1-13-7-8-14(4-3-10-19)12-16(13)17(21)18(9-11-20)15-5-2-6-15/h7-8,12,15,19-20H,2,5-6,9-11H2,1H3. The summed E-state index contributed by atoms with van der Waals surface area (Å²) in [5.41, 5.74) is 2.24. The lowest BCUT2D eigenvalue weighted by Gasteiger charge is -2.37. The number of benzene rings is 1. The third-order valence-electron chi connectivity index (χ3n) is 3.90. The van der Waals surface area contributed by atoms with Crippen molar-refractivity contribution in [3.05, 3.63) is 34.9 Å². The molecule has 21 heavy (non-hydrogen) atoms. The van der Waals surface area contributed by atoms with Crippen molar-refractivity contribution in [1.29, 1.82) is 0 Å². The van der Waals surface area contributed by atoms with Crippen LogP contribution in [0.25, 0.3) is 0 Å². The zero-order chi connectivity index (χ0) is 15.2. The monoisotopic (exact) mass is 287 g/mol. The third kappa shape index (κ3) is 3.63. The molecule has 0 aliphatic heterocycles. The Morgan fingerprint density at radius 1 is 1.38 bits per heavy atom. The summed E-state index contributed by atoms with van der Waals surface area (Å²) in [6.07, 6.45) is 3.16. The van der Waals surface area contributed by atoms with E-state index in [9.17, 15) is 9.90 Å². The summed E-state index contributed by atoms with van der Waals surface area (Å²) in [5, 5.41) is 18.0. The topological polar surface area (TPSA) is 60.8 Å². The molecule has 4 nitrogen and oxygen atoms in total. The first kappa shape index (κ1) is 15.6. The fourth-order valence-corrected chi connectivity index (χ4v) is 2.48. The predicted octanol–water partition coefficient (Wildman–Crippen LogP) is 1.33. The van der Waals surface area contributed by atoms with E-state index in [1.54, 1.807) is 11.0 Å². The highest BCUT2D eigenvalue weighted by molar-refractivity contribution is 5.96. The van der Waals surface area contributed by atoms with E-state index in [0.717, 1.165) is 30.4 Å². The van der Waals surface area contributed by atoms with Gasteiger partial charge in [-0.25, -0.2) is 0 Å². The molecule has 0 bridgehead atoms. The van der Waals surface area contributed by atoms with Crippen LogP contribution in [0.4, 0.5) is 0 Å². The van der Waals surface area contributed by atoms with Crippen LogP contribution in [0.15, 0.2) is 18.2 Å². The lowest BCUT2D eigenvalue weighted by Crippen LogP contribution is -2.45. The molecule has 1 fully saturated rings. The third-order valence-corrected chi connectivity index (χ3v) is 3.90. The van der Waals surface area contributed by atoms with Crippen LogP contribution in [0.3, 0.4) is 0 Å². The Labute approximate surface area is 125 Å². The molecular weight excluding hydrogens is 266 g/mol. The zero-order valence-corrected chi connectivity index (χ0v) is 12.3. The largest absolute Gasteiger partial charge is 0.395 e. The quantitative estimate of drug-likeness (QED) is 0.821. The smallest absolute Gasteiger partial charge is 0.254 e. The van der Waals surface area contributed by atoms with E-state index in [1.807, 2.05) is 19.1 Å². The molecule has 0 unspecified atom stereocenters. The SMILES string of the molecule is Cc1ccc(C#CCO)cc1C(=O)N(CCO)C1CCC1. The van der Waals surface area contributed by atoms with Crippen LogP contribution in [-0.4, -0.2) is 46.8 Å². The van der Waals surface area contributed by atoms with Gasteiger partial charge in [0, 0.05) is 23.7 Å². The number of amides is 1. The lowest BCUT2D eigenvalue weighted by molar-refractivity contribution is 0.0525. The summed E-state index contributed by atoms with van der Waals surface area (Å²) in [4.78, 5) is 14.5. The van der Waals surface area contributed by atoms with E-state index in [1.165, 1.54) is 0 Å². The molecule has 1 amide bonds. The maximum absolute atomic E-state index is 12.7. The average molecular weight is 287 g/mol. The van der Waals surface area contributed by atoms with Gasteiger partial charge in [-0.05, 0) is 43.9 Å². The summed E-state index contributed by atoms with van der Waals surface area (Å²) in [6, 6.07) is 5.72. The second kappa shape index (κ2) is 7.26. The van der Waals surface area contributed by atoms with Crippen LogP contribution < -0.4 is 0 Å². The molecule has 0 aromatic heterocycles. The zero-order valence-electron chi connectivity index (χ0n) is 12.3. The Morgan fingerprint density at radius 2 is 2.14 bits per heavy atom. The number of carbonyl (C=O) groups excluding carboxylic acids is 1. The molecule has 0 spiro atoms. The number of aliphatic hydroxyl groups excluding tert-OH is 2. The van der Waals surface area contributed by atoms with E-state index in [-0.39, 0.29) is 25.2 Å². The minimum Gasteiger partial charge on any atom is -0.395 e. The fourth-order valence-electron chi connectivity index (χ4n) is 2.48. The maximum Gasteiger partial charge on any atom is 0.254 e. The molecule has 112 valence electrons. The van der Waals surface area contributed by atoms with Crippen LogP contribution in [0.2, 0.25) is 0 Å². The number of rotatable bonds is 4. The first-order valence-corrected chi connectivity index (χ1v) is 7.29. The molecule has 0 radical (unpaired) electrons. The molecule has 1 aromatic carbocycles. The molecule has 2 rings (SSSR count). The van der Waals surface area contributed by atoms with E-state index >= 15 is 0 Å². The van der Waals surface area contributed by atoms with Crippen molar-refractivity contribution in [2.75, 3.05) is 19.8 Å². The highest BCUT2D eigenvalue weighted by atomic mass is 16.3. The van der Waals surface area contributed by atoms with Gasteiger partial charge < -0.3 is 15.1 Å². The van der Waals surface area contributed by atoms with Crippen molar-refractivity contribution in [1.82, 2.24) is 4.90 Å². The van der Waals surface area contributed by atoms with Gasteiger partial charge in [0.2, 0.25) is 0 Å². The maximum atomic E-state index is 12.7. The molecule has 2 N–H and O–H groups in total. The summed E-state index contributed by atoms with van der Waals surface area (Å²) in [5.74, 6) is 5.37. The number of nitrogens with zero attached hydrogens (tertiary/aromatic N) is 1. The van der Waals surface area contributed by atoms with Crippen molar-refractivity contribution in [2.24, 2.45) is 0 Å². The predicted molar refractivity (Wildman–Crippen MR) is 80.9 cm³/mol. The summed E-state index contributed by atoms with van der Waals surface area (Å²) >= 11 is 0. The van der Waals surface area contributed by atoms with Crippen molar-refractivity contribution in [2.45, 2.75) is 32.2 Å². The van der Waals surface area contributed by atoms with Crippen LogP contribution >= 0.6 is 0 Å². The molecule has 0 saturated heterocycles. The highest BCUT2D eigenvalue weighted by Gasteiger charge is 2.29. The summed E-state index contributed by atoms with van der Waals surface area (Å²) in [6.45, 7) is 2.05. The Kier molecular flexibility index (Phi) is 5.38. The van der Waals surface area contributed by atoms with Gasteiger partial charge in [0.05, 0.1) is 6.61 Å². The fraction of sp³-hybridized carbons (Fsp3) is 0.471. The van der Waals surface area contributed by atoms with Crippen molar-refractivity contribution in [3.63, 3.8) is 0 Å². The number of aryl methyl sites for hydroxylation is 1. The minimum absolute atomic E-state index is 0.0225. The normalized spacial score (nSPS) is 14.0. The van der Waals surface area contributed by atoms with Gasteiger partial charge in [-0.1, -0.05) is 17.9 Å². The van der Waals surface area contributed by atoms with Gasteiger partial charge in [0.1, 0.15) is 6.61 Å². The van der Waals surface area contributed by atoms with Gasteiger partial charge in [0.15, 0.2) is 0 Å². The Balaban J connectivity index is 2.27. The first-order valence-electron chi connectivity index (χ1n) is 7.29. The molecule has 1 aromatic rings. The van der Waals surface area contributed by atoms with E-state index in [0.29, 0.717) is 12.1 Å². The lowest BCUT2D eigenvalue weighted by atomic mass is 9.90. The van der Waals surface area contributed by atoms with Crippen LogP contribution in [-0.2, 0) is 0 Å². The van der Waals surface area contributed by atoms with Gasteiger partial charge in [-0.15, -0.1) is 0 Å². The average Bonchev–Trinajstić information content (AvgIpc) is 2.43. The van der Waals surface area contributed by atoms with Crippen LogP contribution in [0.1, 0.15) is 40.7 Å². The molecule has 0 atom stereocenters. The van der Waals surface area contributed by atoms with E-state index < -0.39 is 0 Å². The number of aliphatic hydroxyl groups is 2. The molecular formula is C17H21NO3. The van der Waals surface area contributed by atoms with Crippen LogP contribution in [0.5, 0.6) is 0 Å². The molecule has 4 heteroatoms. The number of hydrogen-bond acceptors (Lipinski definition) is 3. The number of carbonyl (C=O) groups is 1. The molecule has 0 heterocycles. The number of hydrogen-bond donors (Lipinski definition) is 2. The summed E-state index contributed by atoms with van der Waals surface area (Å²) in [7, 11) is 0. The summed E-state index contributed by atoms with van der Waals surface area (Å²) < 4.78 is 0. The van der Waals surface area contributed by atoms with E-state index in [2.05, 4.69) is 11.8 Å². The van der Waals surface area contributed by atoms with Crippen molar-refractivity contribution >= 4 is 5.91 Å². The van der Waals surface area contributed by atoms with Gasteiger partial charge in [-0.2, -0.15) is 0 Å². The second-order valence-corrected chi connectivity index (χ2v) is 5.30. The molecule has 1 aliphatic rings. The highest BCUT2D eigenvalue weighted by Crippen LogP contribution is 2.26. The van der Waals surface area contributed by atoms with Gasteiger partial charge in [-0.3, -0.25) is 4.79 Å². The van der Waals surface area contributed by atoms with Crippen molar-refractivity contribution in [3.8, 4) is 11.8 Å².